The molecule has 10 heteroatoms. The summed E-state index contributed by atoms with van der Waals surface area (Å²) in [4.78, 5) is 4.26. The fourth-order valence-electron chi connectivity index (χ4n) is 2.70. The Morgan fingerprint density at radius 2 is 2.00 bits per heavy atom. The highest BCUT2D eigenvalue weighted by Crippen LogP contribution is 2.38. The van der Waals surface area contributed by atoms with Crippen LogP contribution in [0.2, 0.25) is 0 Å². The summed E-state index contributed by atoms with van der Waals surface area (Å²) in [6.07, 6.45) is -1.83. The smallest absolute Gasteiger partial charge is 0.416 e. The molecule has 0 saturated heterocycles. The number of imidazole rings is 1. The maximum atomic E-state index is 13.3. The number of rotatable bonds is 4. The molecule has 1 aromatic heterocycles. The minimum Gasteiger partial charge on any atom is -0.470 e. The predicted octanol–water partition coefficient (Wildman–Crippen LogP) is 5.89. The first-order valence-electron chi connectivity index (χ1n) is 7.85. The number of nitrogens with zero attached hydrogens (tertiary/aromatic N) is 2. The maximum absolute atomic E-state index is 13.3. The van der Waals surface area contributed by atoms with Crippen LogP contribution in [-0.2, 0) is 17.5 Å². The van der Waals surface area contributed by atoms with E-state index in [0.717, 1.165) is 25.0 Å². The van der Waals surface area contributed by atoms with Crippen molar-refractivity contribution in [3.8, 4) is 0 Å². The van der Waals surface area contributed by atoms with E-state index in [2.05, 4.69) is 4.98 Å². The average Bonchev–Trinajstić information content (AvgIpc) is 3.24. The third-order valence-electron chi connectivity index (χ3n) is 4.22. The lowest BCUT2D eigenvalue weighted by atomic mass is 10.0. The van der Waals surface area contributed by atoms with Gasteiger partial charge in [-0.25, -0.2) is 4.98 Å². The quantitative estimate of drug-likeness (QED) is 0.375. The number of hydrogen-bond donors (Lipinski definition) is 1. The summed E-state index contributed by atoms with van der Waals surface area (Å²) in [7, 11) is 0. The van der Waals surface area contributed by atoms with Crippen molar-refractivity contribution in [3.05, 3.63) is 29.6 Å². The van der Waals surface area contributed by atoms with Crippen LogP contribution in [0.4, 0.5) is 13.2 Å². The third kappa shape index (κ3) is 4.21. The summed E-state index contributed by atoms with van der Waals surface area (Å²) < 4.78 is 44.9. The molecule has 0 bridgehead atoms. The highest BCUT2D eigenvalue weighted by atomic mass is 35.6. The minimum absolute atomic E-state index is 0.184. The molecule has 142 valence electrons. The molecule has 1 atom stereocenters. The molecule has 1 N–H and O–H groups in total. The molecule has 1 aromatic carbocycles. The van der Waals surface area contributed by atoms with Gasteiger partial charge >= 0.3 is 6.18 Å². The van der Waals surface area contributed by atoms with Crippen molar-refractivity contribution in [3.63, 3.8) is 0 Å². The fraction of sp³-hybridized carbons (Fsp3) is 0.500. The lowest BCUT2D eigenvalue weighted by molar-refractivity contribution is -0.137. The number of halogens is 6. The van der Waals surface area contributed by atoms with Gasteiger partial charge < -0.3 is 9.30 Å². The number of fused-ring (bicyclic) bond motifs is 1. The van der Waals surface area contributed by atoms with Gasteiger partial charge in [0.2, 0.25) is 5.90 Å². The normalized spacial score (nSPS) is 16.7. The zero-order chi connectivity index (χ0) is 19.3. The highest BCUT2D eigenvalue weighted by molar-refractivity contribution is 6.76. The predicted molar refractivity (Wildman–Crippen MR) is 95.0 cm³/mol. The molecule has 1 aliphatic rings. The molecule has 0 amide bonds. The summed E-state index contributed by atoms with van der Waals surface area (Å²) in [5.41, 5.74) is 0.123. The van der Waals surface area contributed by atoms with Gasteiger partial charge in [0.1, 0.15) is 6.10 Å². The van der Waals surface area contributed by atoms with E-state index in [-0.39, 0.29) is 5.56 Å². The summed E-state index contributed by atoms with van der Waals surface area (Å²) in [6, 6.07) is 2.05. The van der Waals surface area contributed by atoms with Crippen molar-refractivity contribution in [1.82, 2.24) is 9.55 Å². The van der Waals surface area contributed by atoms with Crippen molar-refractivity contribution >= 4 is 51.7 Å². The standard InChI is InChI=1S/C16H15Cl3F3N3O/c1-8(26-14(23)15(17,18)19)11-4-10(16(20,21)22)5-12-13(11)24-7-25(12)6-9-2-3-9/h4-5,7-9,23H,2-3,6H2,1H3. The monoisotopic (exact) mass is 427 g/mol. The summed E-state index contributed by atoms with van der Waals surface area (Å²) >= 11 is 16.8. The molecular weight excluding hydrogens is 414 g/mol. The summed E-state index contributed by atoms with van der Waals surface area (Å²) in [5, 5.41) is 7.64. The largest absolute Gasteiger partial charge is 0.470 e. The van der Waals surface area contributed by atoms with Crippen molar-refractivity contribution in [1.29, 1.82) is 5.41 Å². The minimum atomic E-state index is -4.53. The van der Waals surface area contributed by atoms with E-state index < -0.39 is 27.5 Å². The Labute approximate surface area is 162 Å². The summed E-state index contributed by atoms with van der Waals surface area (Å²) in [6.45, 7) is 2.11. The van der Waals surface area contributed by atoms with E-state index in [4.69, 9.17) is 44.9 Å². The number of ether oxygens (including phenoxy) is 1. The van der Waals surface area contributed by atoms with Crippen molar-refractivity contribution in [2.75, 3.05) is 0 Å². The Hall–Kier alpha value is -1.18. The Morgan fingerprint density at radius 3 is 2.54 bits per heavy atom. The molecule has 26 heavy (non-hydrogen) atoms. The van der Waals surface area contributed by atoms with E-state index in [9.17, 15) is 13.2 Å². The first-order chi connectivity index (χ1) is 12.0. The number of benzene rings is 1. The first-order valence-corrected chi connectivity index (χ1v) is 8.98. The van der Waals surface area contributed by atoms with E-state index in [0.29, 0.717) is 23.5 Å². The molecular formula is C16H15Cl3F3N3O. The second-order valence-corrected chi connectivity index (χ2v) is 8.64. The fourth-order valence-corrected chi connectivity index (χ4v) is 2.83. The van der Waals surface area contributed by atoms with Crippen molar-refractivity contribution in [2.45, 2.75) is 42.4 Å². The SMILES string of the molecule is CC(OC(=N)C(Cl)(Cl)Cl)c1cc(C(F)(F)F)cc2c1ncn2CC1CC1. The molecule has 1 aliphatic carbocycles. The van der Waals surface area contributed by atoms with Gasteiger partial charge in [-0.05, 0) is 37.8 Å². The van der Waals surface area contributed by atoms with E-state index in [1.165, 1.54) is 13.3 Å². The van der Waals surface area contributed by atoms with E-state index in [1.54, 1.807) is 4.57 Å². The molecule has 0 spiro atoms. The Balaban J connectivity index is 2.04. The van der Waals surface area contributed by atoms with Crippen molar-refractivity contribution < 1.29 is 17.9 Å². The van der Waals surface area contributed by atoms with Crippen LogP contribution < -0.4 is 0 Å². The molecule has 3 rings (SSSR count). The van der Waals surface area contributed by atoms with Crippen LogP contribution in [0.3, 0.4) is 0 Å². The molecule has 4 nitrogen and oxygen atoms in total. The highest BCUT2D eigenvalue weighted by Gasteiger charge is 2.35. The van der Waals surface area contributed by atoms with Crippen LogP contribution in [0.15, 0.2) is 18.5 Å². The topological polar surface area (TPSA) is 50.9 Å². The van der Waals surface area contributed by atoms with E-state index >= 15 is 0 Å². The van der Waals surface area contributed by atoms with Crippen molar-refractivity contribution in [2.24, 2.45) is 5.92 Å². The van der Waals surface area contributed by atoms with Crippen LogP contribution in [0.1, 0.15) is 37.0 Å². The van der Waals surface area contributed by atoms with Gasteiger partial charge in [0, 0.05) is 12.1 Å². The van der Waals surface area contributed by atoms with Crippen LogP contribution >= 0.6 is 34.8 Å². The Kier molecular flexibility index (Phi) is 5.09. The van der Waals surface area contributed by atoms with Crippen LogP contribution in [0, 0.1) is 11.3 Å². The molecule has 1 unspecified atom stereocenters. The van der Waals surface area contributed by atoms with Gasteiger partial charge in [0.05, 0.1) is 22.9 Å². The van der Waals surface area contributed by atoms with Crippen LogP contribution in [0.5, 0.6) is 0 Å². The zero-order valence-electron chi connectivity index (χ0n) is 13.6. The molecule has 1 saturated carbocycles. The van der Waals surface area contributed by atoms with Gasteiger partial charge in [-0.1, -0.05) is 34.8 Å². The van der Waals surface area contributed by atoms with Gasteiger partial charge in [-0.3, -0.25) is 5.41 Å². The third-order valence-corrected chi connectivity index (χ3v) is 4.74. The summed E-state index contributed by atoms with van der Waals surface area (Å²) in [5.74, 6) is -0.199. The maximum Gasteiger partial charge on any atom is 0.416 e. The Bertz CT molecular complexity index is 841. The molecule has 1 heterocycles. The number of hydrogen-bond acceptors (Lipinski definition) is 3. The second-order valence-electron chi connectivity index (χ2n) is 6.36. The van der Waals surface area contributed by atoms with Crippen LogP contribution in [-0.4, -0.2) is 19.2 Å². The number of aromatic nitrogens is 2. The lowest BCUT2D eigenvalue weighted by Gasteiger charge is -2.21. The lowest BCUT2D eigenvalue weighted by Crippen LogP contribution is -2.23. The molecule has 2 aromatic rings. The van der Waals surface area contributed by atoms with Crippen LogP contribution in [0.25, 0.3) is 11.0 Å². The molecule has 0 aliphatic heterocycles. The molecule has 1 fully saturated rings. The first kappa shape index (κ1) is 19.6. The zero-order valence-corrected chi connectivity index (χ0v) is 15.8. The van der Waals surface area contributed by atoms with Gasteiger partial charge in [0.15, 0.2) is 0 Å². The number of nitrogens with one attached hydrogen (secondary N) is 1. The van der Waals surface area contributed by atoms with Gasteiger partial charge in [0.25, 0.3) is 3.79 Å². The second kappa shape index (κ2) is 6.77. The molecule has 0 radical (unpaired) electrons. The van der Waals surface area contributed by atoms with E-state index in [1.807, 2.05) is 0 Å². The Morgan fingerprint density at radius 1 is 1.35 bits per heavy atom. The van der Waals surface area contributed by atoms with Gasteiger partial charge in [-0.2, -0.15) is 13.2 Å². The average molecular weight is 429 g/mol. The van der Waals surface area contributed by atoms with Gasteiger partial charge in [-0.15, -0.1) is 0 Å². The number of alkyl halides is 6.